The number of benzene rings is 2. The van der Waals surface area contributed by atoms with E-state index in [1.165, 1.54) is 0 Å². The van der Waals surface area contributed by atoms with E-state index in [4.69, 9.17) is 63.0 Å². The third kappa shape index (κ3) is 29.3. The van der Waals surface area contributed by atoms with Crippen LogP contribution in [0.4, 0.5) is 28.0 Å². The van der Waals surface area contributed by atoms with E-state index in [2.05, 4.69) is 15.6 Å². The molecule has 20 nitrogen and oxygen atoms in total. The molecule has 408 valence electrons. The Kier molecular flexibility index (Phi) is 37.0. The number of nitrogens with one attached hydrogen (secondary N) is 2. The Hall–Kier alpha value is -4.51. The van der Waals surface area contributed by atoms with Crippen molar-refractivity contribution < 1.29 is 89.0 Å². The molecule has 2 aromatic carbocycles. The fourth-order valence-electron chi connectivity index (χ4n) is 6.22. The van der Waals surface area contributed by atoms with Crippen molar-refractivity contribution in [3.05, 3.63) is 64.2 Å². The van der Waals surface area contributed by atoms with Crippen LogP contribution in [0.2, 0.25) is 0 Å². The van der Waals surface area contributed by atoms with E-state index in [0.29, 0.717) is 179 Å². The van der Waals surface area contributed by atoms with E-state index in [9.17, 15) is 31.7 Å². The van der Waals surface area contributed by atoms with Crippen LogP contribution >= 0.6 is 12.0 Å². The van der Waals surface area contributed by atoms with Crippen molar-refractivity contribution in [2.45, 2.75) is 37.5 Å². The highest BCUT2D eigenvalue weighted by Crippen LogP contribution is 2.31. The van der Waals surface area contributed by atoms with E-state index < -0.39 is 28.8 Å². The highest BCUT2D eigenvalue weighted by atomic mass is 32.2. The first kappa shape index (κ1) is 63.6. The standard InChI is InChI=1S/C46H69F4N5O13S.CH2O2/c1-2-9-55(45(56)36-31-35-4-5-37(69-58)33-41(35)54-42(51)32-36)10-3-7-52-46(57)53-8-12-60-14-16-62-18-20-64-22-24-66-26-28-68-30-29-67-27-25-65-23-21-63-19-17-61-15-13-59-11-6-38-43(49)39(47)34-40(48)44(38)50;2-1-3/h4-5,31,33-34,58H,2-3,6-30,32H2,1H3,(H2,51,54)(H2,52,53,57);1H,(H,2,3). The molecule has 0 fully saturated rings. The minimum Gasteiger partial charge on any atom is -0.483 e. The van der Waals surface area contributed by atoms with Crippen molar-refractivity contribution in [3.8, 4) is 0 Å². The molecule has 0 atom stereocenters. The van der Waals surface area contributed by atoms with Crippen LogP contribution in [0.25, 0.3) is 6.08 Å². The molecule has 6 N–H and O–H groups in total. The molecule has 72 heavy (non-hydrogen) atoms. The highest BCUT2D eigenvalue weighted by Gasteiger charge is 2.22. The minimum absolute atomic E-state index is 0.122. The van der Waals surface area contributed by atoms with Gasteiger partial charge >= 0.3 is 6.03 Å². The zero-order valence-electron chi connectivity index (χ0n) is 40.9. The number of amides is 3. The van der Waals surface area contributed by atoms with Gasteiger partial charge in [-0.2, -0.15) is 0 Å². The Balaban J connectivity index is 0.00000577. The fraction of sp³-hybridized carbons (Fsp3) is 0.617. The topological polar surface area (TPSA) is 250 Å². The number of halogens is 4. The summed E-state index contributed by atoms with van der Waals surface area (Å²) in [5, 5.41) is 12.5. The number of nitrogens with zero attached hydrogens (tertiary/aromatic N) is 2. The van der Waals surface area contributed by atoms with Crippen molar-refractivity contribution >= 4 is 48.1 Å². The molecule has 1 aliphatic rings. The maximum Gasteiger partial charge on any atom is 0.314 e. The van der Waals surface area contributed by atoms with Gasteiger partial charge in [0.05, 0.1) is 138 Å². The first-order valence-corrected chi connectivity index (χ1v) is 24.3. The summed E-state index contributed by atoms with van der Waals surface area (Å²) < 4.78 is 117. The molecule has 2 aromatic rings. The predicted octanol–water partition coefficient (Wildman–Crippen LogP) is 4.62. The monoisotopic (exact) mass is 1050 g/mol. The van der Waals surface area contributed by atoms with Crippen LogP contribution in [0.1, 0.15) is 37.3 Å². The summed E-state index contributed by atoms with van der Waals surface area (Å²) >= 11 is 0.622. The molecule has 0 radical (unpaired) electrons. The zero-order chi connectivity index (χ0) is 52.4. The van der Waals surface area contributed by atoms with Crippen LogP contribution in [-0.4, -0.2) is 197 Å². The Bertz CT molecular complexity index is 1850. The van der Waals surface area contributed by atoms with Gasteiger partial charge in [-0.25, -0.2) is 27.3 Å². The first-order chi connectivity index (χ1) is 35.1. The average molecular weight is 1050 g/mol. The summed E-state index contributed by atoms with van der Waals surface area (Å²) in [5.74, 6) is -5.53. The van der Waals surface area contributed by atoms with E-state index in [0.717, 1.165) is 12.0 Å². The molecule has 3 rings (SSSR count). The first-order valence-electron chi connectivity index (χ1n) is 23.5. The van der Waals surface area contributed by atoms with Gasteiger partial charge in [0.2, 0.25) is 5.91 Å². The van der Waals surface area contributed by atoms with Crippen molar-refractivity contribution in [3.63, 3.8) is 0 Å². The molecule has 3 amide bonds. The summed E-state index contributed by atoms with van der Waals surface area (Å²) in [6.45, 7) is 10.4. The van der Waals surface area contributed by atoms with E-state index in [-0.39, 0.29) is 57.1 Å². The van der Waals surface area contributed by atoms with Crippen molar-refractivity contribution in [1.29, 1.82) is 0 Å². The lowest BCUT2D eigenvalue weighted by atomic mass is 10.1. The Labute approximate surface area is 422 Å². The molecule has 0 unspecified atom stereocenters. The molecule has 1 aliphatic heterocycles. The van der Waals surface area contributed by atoms with E-state index >= 15 is 0 Å². The SMILES string of the molecule is CCCN(CCCNC(=O)NCCOCCOCCOCCOCCOCCOCCOCCOCCOCCOCCc1c(F)c(F)cc(F)c1F)C(=O)C1=Cc2ccc(SO)cc2N=C(N)C1.O=CO. The number of hydrogen-bond acceptors (Lipinski definition) is 17. The molecule has 1 heterocycles. The number of carboxylic acid groups (broad SMARTS) is 1. The third-order valence-electron chi connectivity index (χ3n) is 9.60. The van der Waals surface area contributed by atoms with E-state index in [1.807, 2.05) is 6.92 Å². The smallest absolute Gasteiger partial charge is 0.314 e. The van der Waals surface area contributed by atoms with Crippen LogP contribution in [-0.2, 0) is 63.4 Å². The largest absolute Gasteiger partial charge is 0.483 e. The van der Waals surface area contributed by atoms with Crippen LogP contribution in [0.15, 0.2) is 39.7 Å². The third-order valence-corrected chi connectivity index (χ3v) is 10.1. The summed E-state index contributed by atoms with van der Waals surface area (Å²) in [5.41, 5.74) is 7.33. The Morgan fingerprint density at radius 1 is 0.681 bits per heavy atom. The Morgan fingerprint density at radius 2 is 1.11 bits per heavy atom. The fourth-order valence-corrected chi connectivity index (χ4v) is 6.51. The second kappa shape index (κ2) is 41.9. The van der Waals surface area contributed by atoms with Gasteiger partial charge in [-0.1, -0.05) is 13.0 Å². The number of aliphatic imine (C=N–C) groups is 1. The van der Waals surface area contributed by atoms with Crippen molar-refractivity contribution in [2.24, 2.45) is 10.7 Å². The van der Waals surface area contributed by atoms with Gasteiger partial charge in [0.15, 0.2) is 23.3 Å². The maximum absolute atomic E-state index is 13.6. The molecule has 0 saturated heterocycles. The highest BCUT2D eigenvalue weighted by molar-refractivity contribution is 7.93. The summed E-state index contributed by atoms with van der Waals surface area (Å²) in [6.07, 6.45) is 3.06. The van der Waals surface area contributed by atoms with Gasteiger partial charge in [0.1, 0.15) is 5.84 Å². The van der Waals surface area contributed by atoms with Crippen LogP contribution in [0.5, 0.6) is 0 Å². The zero-order valence-corrected chi connectivity index (χ0v) is 41.7. The average Bonchev–Trinajstić information content (AvgIpc) is 3.54. The van der Waals surface area contributed by atoms with Crippen molar-refractivity contribution in [2.75, 3.05) is 158 Å². The Morgan fingerprint density at radius 3 is 1.56 bits per heavy atom. The molecule has 0 bridgehead atoms. The van der Waals surface area contributed by atoms with Crippen LogP contribution < -0.4 is 16.4 Å². The van der Waals surface area contributed by atoms with Gasteiger partial charge in [-0.3, -0.25) is 9.59 Å². The lowest BCUT2D eigenvalue weighted by molar-refractivity contribution is -0.127. The number of nitrogens with two attached hydrogens (primary N) is 1. The quantitative estimate of drug-likeness (QED) is 0.0200. The molecule has 0 aliphatic carbocycles. The maximum atomic E-state index is 13.6. The normalized spacial score (nSPS) is 12.0. The molecule has 0 saturated carbocycles. The van der Waals surface area contributed by atoms with Gasteiger partial charge in [0.25, 0.3) is 6.47 Å². The second-order valence-corrected chi connectivity index (χ2v) is 15.7. The number of carbonyl (C=O) groups is 3. The number of fused-ring (bicyclic) bond motifs is 1. The van der Waals surface area contributed by atoms with Gasteiger partial charge in [-0.05, 0) is 31.1 Å². The summed E-state index contributed by atoms with van der Waals surface area (Å²) in [6, 6.07) is 5.14. The number of carbonyl (C=O) groups excluding carboxylic acids is 2. The summed E-state index contributed by atoms with van der Waals surface area (Å²) in [7, 11) is 0. The molecular weight excluding hydrogens is 983 g/mol. The lowest BCUT2D eigenvalue weighted by Crippen LogP contribution is -2.40. The van der Waals surface area contributed by atoms with Gasteiger partial charge < -0.3 is 78.3 Å². The van der Waals surface area contributed by atoms with Crippen LogP contribution in [0.3, 0.4) is 0 Å². The lowest BCUT2D eigenvalue weighted by Gasteiger charge is -2.23. The molecule has 25 heteroatoms. The van der Waals surface area contributed by atoms with E-state index in [1.54, 1.807) is 29.2 Å². The van der Waals surface area contributed by atoms with Crippen LogP contribution in [0, 0.1) is 23.3 Å². The number of urea groups is 1. The number of hydrogen-bond donors (Lipinski definition) is 5. The predicted molar refractivity (Wildman–Crippen MR) is 259 cm³/mol. The molecule has 0 aromatic heterocycles. The molecular formula is C47H71F4N5O15S. The van der Waals surface area contributed by atoms with Gasteiger partial charge in [-0.15, -0.1) is 0 Å². The number of amidine groups is 1. The second-order valence-electron chi connectivity index (χ2n) is 15.0. The number of ether oxygens (including phenoxy) is 10. The summed E-state index contributed by atoms with van der Waals surface area (Å²) in [4.78, 5) is 40.9. The molecule has 0 spiro atoms. The van der Waals surface area contributed by atoms with Crippen molar-refractivity contribution in [1.82, 2.24) is 15.5 Å². The number of rotatable bonds is 41. The minimum atomic E-state index is -1.45. The van der Waals surface area contributed by atoms with Gasteiger partial charge in [0, 0.05) is 78.7 Å².